The third kappa shape index (κ3) is 5.66. The lowest BCUT2D eigenvalue weighted by molar-refractivity contribution is 0.248. The summed E-state index contributed by atoms with van der Waals surface area (Å²) in [5.74, 6) is 0. The topological polar surface area (TPSA) is 15.3 Å². The Balaban J connectivity index is 2.20. The van der Waals surface area contributed by atoms with Crippen molar-refractivity contribution in [1.29, 1.82) is 0 Å². The Hall–Kier alpha value is -0.380. The molecule has 17 heavy (non-hydrogen) atoms. The number of rotatable bonds is 8. The van der Waals surface area contributed by atoms with Gasteiger partial charge in [0.15, 0.2) is 0 Å². The Morgan fingerprint density at radius 1 is 1.41 bits per heavy atom. The van der Waals surface area contributed by atoms with Crippen molar-refractivity contribution in [2.45, 2.75) is 45.7 Å². The van der Waals surface area contributed by atoms with E-state index in [1.54, 1.807) is 0 Å². The minimum absolute atomic E-state index is 0.601. The van der Waals surface area contributed by atoms with Gasteiger partial charge in [-0.1, -0.05) is 13.0 Å². The Morgan fingerprint density at radius 3 is 2.76 bits per heavy atom. The predicted octanol–water partition coefficient (Wildman–Crippen LogP) is 3.00. The van der Waals surface area contributed by atoms with Crippen LogP contribution < -0.4 is 5.32 Å². The number of nitrogens with one attached hydrogen (secondary N) is 1. The van der Waals surface area contributed by atoms with Gasteiger partial charge in [-0.2, -0.15) is 0 Å². The van der Waals surface area contributed by atoms with E-state index < -0.39 is 0 Å². The van der Waals surface area contributed by atoms with Crippen molar-refractivity contribution in [3.8, 4) is 0 Å². The van der Waals surface area contributed by atoms with Gasteiger partial charge in [-0.05, 0) is 45.2 Å². The van der Waals surface area contributed by atoms with E-state index in [1.165, 1.54) is 17.7 Å². The fourth-order valence-corrected chi connectivity index (χ4v) is 2.33. The van der Waals surface area contributed by atoms with Gasteiger partial charge < -0.3 is 10.2 Å². The Morgan fingerprint density at radius 2 is 2.18 bits per heavy atom. The van der Waals surface area contributed by atoms with Crippen molar-refractivity contribution in [2.75, 3.05) is 20.1 Å². The zero-order valence-corrected chi connectivity index (χ0v) is 12.4. The van der Waals surface area contributed by atoms with E-state index in [0.717, 1.165) is 13.1 Å². The summed E-state index contributed by atoms with van der Waals surface area (Å²) >= 11 is 1.86. The Labute approximate surface area is 110 Å². The molecule has 98 valence electrons. The molecule has 1 heterocycles. The lowest BCUT2D eigenvalue weighted by atomic mass is 10.2. The first-order valence-corrected chi connectivity index (χ1v) is 7.47. The third-order valence-corrected chi connectivity index (χ3v) is 4.35. The molecule has 0 aliphatic heterocycles. The molecule has 0 aliphatic rings. The zero-order valence-electron chi connectivity index (χ0n) is 11.6. The van der Waals surface area contributed by atoms with E-state index >= 15 is 0 Å². The number of likely N-dealkylation sites (N-methyl/N-ethyl adjacent to an activating group) is 1. The van der Waals surface area contributed by atoms with Crippen molar-refractivity contribution < 1.29 is 0 Å². The Bertz CT molecular complexity index is 284. The highest BCUT2D eigenvalue weighted by Gasteiger charge is 2.10. The van der Waals surface area contributed by atoms with Gasteiger partial charge in [-0.25, -0.2) is 0 Å². The maximum absolute atomic E-state index is 3.57. The quantitative estimate of drug-likeness (QED) is 0.767. The molecule has 0 aliphatic carbocycles. The van der Waals surface area contributed by atoms with Crippen LogP contribution in [0.25, 0.3) is 0 Å². The van der Waals surface area contributed by atoms with Gasteiger partial charge in [0, 0.05) is 30.1 Å². The van der Waals surface area contributed by atoms with Crippen molar-refractivity contribution in [1.82, 2.24) is 10.2 Å². The van der Waals surface area contributed by atoms with E-state index in [9.17, 15) is 0 Å². The van der Waals surface area contributed by atoms with Gasteiger partial charge in [0.2, 0.25) is 0 Å². The summed E-state index contributed by atoms with van der Waals surface area (Å²) in [6, 6.07) is 5.58. The molecule has 0 aromatic carbocycles. The largest absolute Gasteiger partial charge is 0.313 e. The molecule has 1 N–H and O–H groups in total. The summed E-state index contributed by atoms with van der Waals surface area (Å²) in [4.78, 5) is 3.92. The van der Waals surface area contributed by atoms with Gasteiger partial charge in [0.25, 0.3) is 0 Å². The average Bonchev–Trinajstić information content (AvgIpc) is 2.85. The maximum Gasteiger partial charge on any atom is 0.0189 e. The maximum atomic E-state index is 3.57. The molecule has 0 fully saturated rings. The predicted molar refractivity (Wildman–Crippen MR) is 77.9 cm³/mol. The van der Waals surface area contributed by atoms with Crippen LogP contribution in [0.5, 0.6) is 0 Å². The molecular weight excluding hydrogens is 228 g/mol. The lowest BCUT2D eigenvalue weighted by Gasteiger charge is -2.26. The molecule has 0 radical (unpaired) electrons. The molecule has 3 heteroatoms. The third-order valence-electron chi connectivity index (χ3n) is 3.42. The summed E-state index contributed by atoms with van der Waals surface area (Å²) in [5, 5.41) is 5.72. The summed E-state index contributed by atoms with van der Waals surface area (Å²) in [6.45, 7) is 8.99. The second kappa shape index (κ2) is 7.85. The first-order valence-electron chi connectivity index (χ1n) is 6.59. The molecule has 0 amide bonds. The summed E-state index contributed by atoms with van der Waals surface area (Å²) in [6.07, 6.45) is 2.37. The van der Waals surface area contributed by atoms with Crippen molar-refractivity contribution in [2.24, 2.45) is 0 Å². The van der Waals surface area contributed by atoms with Crippen LogP contribution in [0, 0.1) is 0 Å². The van der Waals surface area contributed by atoms with Gasteiger partial charge in [0.05, 0.1) is 0 Å². The first kappa shape index (κ1) is 14.7. The number of hydrogen-bond acceptors (Lipinski definition) is 3. The molecule has 0 saturated carbocycles. The summed E-state index contributed by atoms with van der Waals surface area (Å²) < 4.78 is 0. The second-order valence-corrected chi connectivity index (χ2v) is 5.91. The van der Waals surface area contributed by atoms with Crippen molar-refractivity contribution >= 4 is 11.3 Å². The van der Waals surface area contributed by atoms with E-state index in [1.807, 2.05) is 11.3 Å². The number of thiophene rings is 1. The van der Waals surface area contributed by atoms with Crippen LogP contribution in [-0.2, 0) is 6.42 Å². The SMILES string of the molecule is CCC(C)NCC(C)N(C)CCc1cccs1. The number of hydrogen-bond donors (Lipinski definition) is 1. The summed E-state index contributed by atoms with van der Waals surface area (Å²) in [7, 11) is 2.22. The van der Waals surface area contributed by atoms with Crippen LogP contribution in [0.3, 0.4) is 0 Å². The average molecular weight is 254 g/mol. The highest BCUT2D eigenvalue weighted by Crippen LogP contribution is 2.10. The molecule has 2 unspecified atom stereocenters. The first-order chi connectivity index (χ1) is 8.13. The molecule has 0 saturated heterocycles. The molecule has 1 aromatic rings. The molecule has 0 spiro atoms. The lowest BCUT2D eigenvalue weighted by Crippen LogP contribution is -2.41. The normalized spacial score (nSPS) is 15.1. The standard InChI is InChI=1S/C14H26N2S/c1-5-12(2)15-11-13(3)16(4)9-8-14-7-6-10-17-14/h6-7,10,12-13,15H,5,8-9,11H2,1-4H3. The van der Waals surface area contributed by atoms with Crippen molar-refractivity contribution in [3.63, 3.8) is 0 Å². The monoisotopic (exact) mass is 254 g/mol. The van der Waals surface area contributed by atoms with E-state index in [-0.39, 0.29) is 0 Å². The fraction of sp³-hybridized carbons (Fsp3) is 0.714. The molecule has 1 rings (SSSR count). The van der Waals surface area contributed by atoms with Crippen LogP contribution in [0.4, 0.5) is 0 Å². The van der Waals surface area contributed by atoms with Crippen LogP contribution in [-0.4, -0.2) is 37.1 Å². The highest BCUT2D eigenvalue weighted by atomic mass is 32.1. The van der Waals surface area contributed by atoms with E-state index in [4.69, 9.17) is 0 Å². The second-order valence-electron chi connectivity index (χ2n) is 4.88. The van der Waals surface area contributed by atoms with E-state index in [2.05, 4.69) is 55.5 Å². The zero-order chi connectivity index (χ0) is 12.7. The minimum Gasteiger partial charge on any atom is -0.313 e. The Kier molecular flexibility index (Phi) is 6.78. The van der Waals surface area contributed by atoms with Gasteiger partial charge in [0.1, 0.15) is 0 Å². The highest BCUT2D eigenvalue weighted by molar-refractivity contribution is 7.09. The summed E-state index contributed by atoms with van der Waals surface area (Å²) in [5.41, 5.74) is 0. The van der Waals surface area contributed by atoms with Crippen LogP contribution in [0.15, 0.2) is 17.5 Å². The fourth-order valence-electron chi connectivity index (χ4n) is 1.63. The molecule has 2 nitrogen and oxygen atoms in total. The minimum atomic E-state index is 0.601. The van der Waals surface area contributed by atoms with Gasteiger partial charge in [-0.3, -0.25) is 0 Å². The van der Waals surface area contributed by atoms with E-state index in [0.29, 0.717) is 12.1 Å². The molecular formula is C14H26N2S. The van der Waals surface area contributed by atoms with Crippen LogP contribution in [0.2, 0.25) is 0 Å². The smallest absolute Gasteiger partial charge is 0.0189 e. The van der Waals surface area contributed by atoms with Gasteiger partial charge in [-0.15, -0.1) is 11.3 Å². The van der Waals surface area contributed by atoms with Crippen LogP contribution in [0.1, 0.15) is 32.1 Å². The van der Waals surface area contributed by atoms with Gasteiger partial charge >= 0.3 is 0 Å². The molecule has 1 aromatic heterocycles. The molecule has 0 bridgehead atoms. The van der Waals surface area contributed by atoms with Crippen LogP contribution >= 0.6 is 11.3 Å². The van der Waals surface area contributed by atoms with Crippen molar-refractivity contribution in [3.05, 3.63) is 22.4 Å². The molecule has 2 atom stereocenters. The number of nitrogens with zero attached hydrogens (tertiary/aromatic N) is 1.